The molecule has 1 amide bonds. The number of carbonyl (C=O) groups excluding carboxylic acids is 1. The number of ether oxygens (including phenoxy) is 1. The minimum absolute atomic E-state index is 0.0872. The quantitative estimate of drug-likeness (QED) is 0.406. The number of benzene rings is 1. The topological polar surface area (TPSA) is 96.4 Å². The molecule has 1 aromatic carbocycles. The van der Waals surface area contributed by atoms with Gasteiger partial charge in [-0.15, -0.1) is 0 Å². The summed E-state index contributed by atoms with van der Waals surface area (Å²) in [5.74, 6) is 0.315. The van der Waals surface area contributed by atoms with Crippen molar-refractivity contribution in [2.75, 3.05) is 25.4 Å². The zero-order chi connectivity index (χ0) is 28.3. The van der Waals surface area contributed by atoms with E-state index in [0.29, 0.717) is 29.5 Å². The van der Waals surface area contributed by atoms with Crippen LogP contribution >= 0.6 is 0 Å². The first kappa shape index (κ1) is 28.9. The molecule has 0 bridgehead atoms. The van der Waals surface area contributed by atoms with Gasteiger partial charge in [0, 0.05) is 47.7 Å². The fraction of sp³-hybridized carbons (Fsp3) is 0.481. The number of aryl methyl sites for hydroxylation is 1. The smallest absolute Gasteiger partial charge is 0.422 e. The summed E-state index contributed by atoms with van der Waals surface area (Å²) in [6.45, 7) is 5.71. The third-order valence-corrected chi connectivity index (χ3v) is 8.49. The summed E-state index contributed by atoms with van der Waals surface area (Å²) < 4.78 is 59.4. The maximum Gasteiger partial charge on any atom is 0.422 e. The fourth-order valence-corrected chi connectivity index (χ4v) is 6.07. The molecule has 12 heteroatoms. The lowest BCUT2D eigenvalue weighted by molar-refractivity contribution is -0.153. The van der Waals surface area contributed by atoms with Gasteiger partial charge in [0.05, 0.1) is 28.7 Å². The first-order valence-corrected chi connectivity index (χ1v) is 14.2. The minimum Gasteiger partial charge on any atom is -0.483 e. The number of pyridine rings is 1. The number of fused-ring (bicyclic) bond motifs is 1. The van der Waals surface area contributed by atoms with E-state index in [-0.39, 0.29) is 17.9 Å². The molecule has 0 aliphatic carbocycles. The molecule has 1 saturated heterocycles. The predicted octanol–water partition coefficient (Wildman–Crippen LogP) is 4.21. The van der Waals surface area contributed by atoms with Crippen LogP contribution in [0.2, 0.25) is 0 Å². The van der Waals surface area contributed by atoms with Gasteiger partial charge in [0.15, 0.2) is 6.61 Å². The number of hydrogen-bond acceptors (Lipinski definition) is 4. The molecule has 0 saturated carbocycles. The number of aromatic nitrogens is 2. The van der Waals surface area contributed by atoms with E-state index in [2.05, 4.69) is 14.9 Å². The number of aromatic amines is 1. The standard InChI is InChI=1S/C27H33F3N4O4S/c1-4-39(37)33-11-9-19(10-12-33)15-34-18(3)24(20-7-5-6-8-22(20)34)26(36)31-14-21-23(38-16-27(28,29)30)13-17(2)32-25(21)35/h5-8,13,19H,4,9-12,14-16H2,1-3H3,(H,31,36)(H,32,35). The molecule has 0 spiro atoms. The second kappa shape index (κ2) is 12.0. The molecule has 1 fully saturated rings. The maximum absolute atomic E-state index is 13.4. The predicted molar refractivity (Wildman–Crippen MR) is 144 cm³/mol. The van der Waals surface area contributed by atoms with Gasteiger partial charge in [-0.2, -0.15) is 13.2 Å². The number of piperidine rings is 1. The van der Waals surface area contributed by atoms with Gasteiger partial charge in [0.2, 0.25) is 0 Å². The van der Waals surface area contributed by atoms with Crippen LogP contribution in [0.3, 0.4) is 0 Å². The fourth-order valence-electron chi connectivity index (χ4n) is 5.09. The Morgan fingerprint density at radius 2 is 1.90 bits per heavy atom. The summed E-state index contributed by atoms with van der Waals surface area (Å²) in [5.41, 5.74) is 1.76. The monoisotopic (exact) mass is 566 g/mol. The van der Waals surface area contributed by atoms with E-state index < -0.39 is 35.2 Å². The second-order valence-corrected chi connectivity index (χ2v) is 11.5. The normalized spacial score (nSPS) is 15.9. The van der Waals surface area contributed by atoms with Gasteiger partial charge in [0.1, 0.15) is 5.75 Å². The summed E-state index contributed by atoms with van der Waals surface area (Å²) >= 11 is 0. The summed E-state index contributed by atoms with van der Waals surface area (Å²) in [6.07, 6.45) is -2.77. The van der Waals surface area contributed by atoms with Crippen LogP contribution in [0.4, 0.5) is 13.2 Å². The maximum atomic E-state index is 13.4. The van der Waals surface area contributed by atoms with Gasteiger partial charge in [-0.25, -0.2) is 8.51 Å². The molecular formula is C27H33F3N4O4S. The largest absolute Gasteiger partial charge is 0.483 e. The van der Waals surface area contributed by atoms with E-state index in [9.17, 15) is 27.0 Å². The zero-order valence-electron chi connectivity index (χ0n) is 22.2. The lowest BCUT2D eigenvalue weighted by Crippen LogP contribution is -2.37. The molecule has 4 rings (SSSR count). The molecule has 3 aromatic rings. The van der Waals surface area contributed by atoms with Crippen molar-refractivity contribution in [3.8, 4) is 5.75 Å². The lowest BCUT2D eigenvalue weighted by Gasteiger charge is -2.31. The van der Waals surface area contributed by atoms with Crippen molar-refractivity contribution in [1.82, 2.24) is 19.2 Å². The molecule has 212 valence electrons. The SMILES string of the molecule is CCS(=O)N1CCC(Cn2c(C)c(C(=O)NCc3c(OCC(F)(F)F)cc(C)[nH]c3=O)c3ccccc32)CC1. The first-order valence-electron chi connectivity index (χ1n) is 12.9. The van der Waals surface area contributed by atoms with Crippen molar-refractivity contribution in [2.45, 2.75) is 52.9 Å². The van der Waals surface area contributed by atoms with E-state index in [0.717, 1.165) is 42.5 Å². The summed E-state index contributed by atoms with van der Waals surface area (Å²) in [4.78, 5) is 28.5. The van der Waals surface area contributed by atoms with Gasteiger partial charge < -0.3 is 19.6 Å². The van der Waals surface area contributed by atoms with E-state index >= 15 is 0 Å². The Morgan fingerprint density at radius 1 is 1.21 bits per heavy atom. The van der Waals surface area contributed by atoms with Crippen LogP contribution in [0.5, 0.6) is 5.75 Å². The number of amides is 1. The number of carbonyl (C=O) groups is 1. The summed E-state index contributed by atoms with van der Waals surface area (Å²) in [7, 11) is -0.948. The van der Waals surface area contributed by atoms with Crippen LogP contribution < -0.4 is 15.6 Å². The van der Waals surface area contributed by atoms with E-state index in [1.54, 1.807) is 0 Å². The molecule has 8 nitrogen and oxygen atoms in total. The Morgan fingerprint density at radius 3 is 2.56 bits per heavy atom. The van der Waals surface area contributed by atoms with E-state index in [1.807, 2.05) is 42.4 Å². The third kappa shape index (κ3) is 6.73. The van der Waals surface area contributed by atoms with Gasteiger partial charge in [-0.1, -0.05) is 25.1 Å². The highest BCUT2D eigenvalue weighted by atomic mass is 32.2. The molecule has 1 aliphatic rings. The molecule has 3 heterocycles. The average Bonchev–Trinajstić information content (AvgIpc) is 3.17. The molecule has 1 aliphatic heterocycles. The summed E-state index contributed by atoms with van der Waals surface area (Å²) in [6, 6.07) is 8.87. The molecule has 1 unspecified atom stereocenters. The van der Waals surface area contributed by atoms with Crippen LogP contribution in [0.1, 0.15) is 47.1 Å². The van der Waals surface area contributed by atoms with Crippen LogP contribution in [-0.4, -0.2) is 55.6 Å². The molecular weight excluding hydrogens is 533 g/mol. The zero-order valence-corrected chi connectivity index (χ0v) is 23.0. The van der Waals surface area contributed by atoms with Crippen LogP contribution in [-0.2, 0) is 24.1 Å². The molecule has 39 heavy (non-hydrogen) atoms. The molecule has 1 atom stereocenters. The van der Waals surface area contributed by atoms with Crippen LogP contribution in [0.15, 0.2) is 35.1 Å². The van der Waals surface area contributed by atoms with Crippen molar-refractivity contribution in [3.63, 3.8) is 0 Å². The number of para-hydroxylation sites is 1. The Balaban J connectivity index is 1.55. The van der Waals surface area contributed by atoms with Crippen molar-refractivity contribution in [2.24, 2.45) is 5.92 Å². The number of H-pyrrole nitrogens is 1. The Kier molecular flexibility index (Phi) is 8.85. The van der Waals surface area contributed by atoms with Crippen LogP contribution in [0.25, 0.3) is 10.9 Å². The van der Waals surface area contributed by atoms with Crippen molar-refractivity contribution in [3.05, 3.63) is 63.2 Å². The highest BCUT2D eigenvalue weighted by Gasteiger charge is 2.30. The number of nitrogens with zero attached hydrogens (tertiary/aromatic N) is 2. The second-order valence-electron chi connectivity index (χ2n) is 9.78. The van der Waals surface area contributed by atoms with Gasteiger partial charge in [0.25, 0.3) is 11.5 Å². The number of rotatable bonds is 9. The molecule has 0 radical (unpaired) electrons. The Bertz CT molecular complexity index is 1420. The van der Waals surface area contributed by atoms with Gasteiger partial charge in [-0.05, 0) is 44.7 Å². The van der Waals surface area contributed by atoms with Crippen molar-refractivity contribution >= 4 is 27.8 Å². The summed E-state index contributed by atoms with van der Waals surface area (Å²) in [5, 5.41) is 3.47. The number of hydrogen-bond donors (Lipinski definition) is 2. The average molecular weight is 567 g/mol. The molecule has 2 N–H and O–H groups in total. The lowest BCUT2D eigenvalue weighted by atomic mass is 9.98. The Labute approximate surface area is 227 Å². The van der Waals surface area contributed by atoms with E-state index in [1.165, 1.54) is 13.0 Å². The number of halogens is 3. The van der Waals surface area contributed by atoms with E-state index in [4.69, 9.17) is 4.74 Å². The third-order valence-electron chi connectivity index (χ3n) is 7.05. The minimum atomic E-state index is -4.57. The number of nitrogens with one attached hydrogen (secondary N) is 2. The first-order chi connectivity index (χ1) is 18.5. The molecule has 2 aromatic heterocycles. The van der Waals surface area contributed by atoms with Crippen molar-refractivity contribution in [1.29, 1.82) is 0 Å². The van der Waals surface area contributed by atoms with Crippen LogP contribution in [0, 0.1) is 19.8 Å². The number of alkyl halides is 3. The Hall–Kier alpha value is -3.12. The van der Waals surface area contributed by atoms with Crippen molar-refractivity contribution < 1.29 is 26.9 Å². The highest BCUT2D eigenvalue weighted by molar-refractivity contribution is 7.82. The highest BCUT2D eigenvalue weighted by Crippen LogP contribution is 2.30. The van der Waals surface area contributed by atoms with Gasteiger partial charge >= 0.3 is 6.18 Å². The van der Waals surface area contributed by atoms with Gasteiger partial charge in [-0.3, -0.25) is 9.59 Å².